The number of rotatable bonds is 3. The summed E-state index contributed by atoms with van der Waals surface area (Å²) in [4.78, 5) is 0. The minimum atomic E-state index is -0.433. The molecule has 2 aromatic rings. The van der Waals surface area contributed by atoms with Crippen molar-refractivity contribution < 1.29 is 9.84 Å². The lowest BCUT2D eigenvalue weighted by Crippen LogP contribution is -2.26. The topological polar surface area (TPSA) is 29.5 Å². The van der Waals surface area contributed by atoms with Crippen molar-refractivity contribution in [3.63, 3.8) is 0 Å². The van der Waals surface area contributed by atoms with Crippen molar-refractivity contribution in [2.45, 2.75) is 31.5 Å². The highest BCUT2D eigenvalue weighted by Crippen LogP contribution is 2.37. The lowest BCUT2D eigenvalue weighted by atomic mass is 9.95. The standard InChI is InChI=1S/C17H17BrO2/c18-13-7-9-17-15(10-13)16(19)11-14(20-17)8-6-12-4-2-1-3-5-12/h1-5,7,9-10,14,16,19H,6,8,11H2/t14?,16-/m1/s1. The van der Waals surface area contributed by atoms with Gasteiger partial charge in [-0.25, -0.2) is 0 Å². The van der Waals surface area contributed by atoms with Crippen LogP contribution in [0, 0.1) is 0 Å². The molecule has 0 spiro atoms. The van der Waals surface area contributed by atoms with Gasteiger partial charge in [-0.15, -0.1) is 0 Å². The van der Waals surface area contributed by atoms with Gasteiger partial charge in [0.2, 0.25) is 0 Å². The number of hydrogen-bond acceptors (Lipinski definition) is 2. The minimum absolute atomic E-state index is 0.0823. The molecule has 0 amide bonds. The van der Waals surface area contributed by atoms with Crippen molar-refractivity contribution in [2.24, 2.45) is 0 Å². The van der Waals surface area contributed by atoms with Crippen LogP contribution in [0.5, 0.6) is 5.75 Å². The summed E-state index contributed by atoms with van der Waals surface area (Å²) in [7, 11) is 0. The van der Waals surface area contributed by atoms with E-state index in [4.69, 9.17) is 4.74 Å². The lowest BCUT2D eigenvalue weighted by Gasteiger charge is -2.29. The van der Waals surface area contributed by atoms with Gasteiger partial charge < -0.3 is 9.84 Å². The highest BCUT2D eigenvalue weighted by Gasteiger charge is 2.26. The van der Waals surface area contributed by atoms with Crippen LogP contribution in [0.3, 0.4) is 0 Å². The van der Waals surface area contributed by atoms with Gasteiger partial charge in [-0.1, -0.05) is 46.3 Å². The SMILES string of the molecule is O[C@@H]1CC(CCc2ccccc2)Oc2ccc(Br)cc21. The Morgan fingerprint density at radius 1 is 1.15 bits per heavy atom. The van der Waals surface area contributed by atoms with E-state index < -0.39 is 6.10 Å². The number of ether oxygens (including phenoxy) is 1. The fraction of sp³-hybridized carbons (Fsp3) is 0.294. The number of hydrogen-bond donors (Lipinski definition) is 1. The average molecular weight is 333 g/mol. The molecule has 0 bridgehead atoms. The van der Waals surface area contributed by atoms with Crippen LogP contribution in [-0.4, -0.2) is 11.2 Å². The number of aryl methyl sites for hydroxylation is 1. The second-order valence-corrected chi connectivity index (χ2v) is 6.11. The Balaban J connectivity index is 1.67. The van der Waals surface area contributed by atoms with Crippen LogP contribution in [0.2, 0.25) is 0 Å². The Bertz CT molecular complexity index is 583. The van der Waals surface area contributed by atoms with Crippen molar-refractivity contribution in [1.29, 1.82) is 0 Å². The molecule has 1 unspecified atom stereocenters. The molecule has 0 fully saturated rings. The highest BCUT2D eigenvalue weighted by atomic mass is 79.9. The molecule has 2 nitrogen and oxygen atoms in total. The zero-order valence-corrected chi connectivity index (χ0v) is 12.7. The fourth-order valence-corrected chi connectivity index (χ4v) is 3.02. The maximum Gasteiger partial charge on any atom is 0.125 e. The first kappa shape index (κ1) is 13.7. The first-order valence-corrected chi connectivity index (χ1v) is 7.70. The Morgan fingerprint density at radius 2 is 1.95 bits per heavy atom. The molecular weight excluding hydrogens is 316 g/mol. The van der Waals surface area contributed by atoms with Gasteiger partial charge in [-0.2, -0.15) is 0 Å². The predicted molar refractivity (Wildman–Crippen MR) is 82.9 cm³/mol. The van der Waals surface area contributed by atoms with Crippen LogP contribution in [0.4, 0.5) is 0 Å². The van der Waals surface area contributed by atoms with E-state index in [1.807, 2.05) is 24.3 Å². The second-order valence-electron chi connectivity index (χ2n) is 5.20. The van der Waals surface area contributed by atoms with Crippen molar-refractivity contribution in [2.75, 3.05) is 0 Å². The Morgan fingerprint density at radius 3 is 2.75 bits per heavy atom. The summed E-state index contributed by atoms with van der Waals surface area (Å²) in [5.74, 6) is 0.810. The van der Waals surface area contributed by atoms with Crippen LogP contribution < -0.4 is 4.74 Å². The molecule has 2 aromatic carbocycles. The summed E-state index contributed by atoms with van der Waals surface area (Å²) in [6, 6.07) is 16.2. The average Bonchev–Trinajstić information content (AvgIpc) is 2.47. The monoisotopic (exact) mass is 332 g/mol. The van der Waals surface area contributed by atoms with Gasteiger partial charge in [-0.05, 0) is 36.6 Å². The number of aliphatic hydroxyl groups is 1. The summed E-state index contributed by atoms with van der Waals surface area (Å²) in [6.07, 6.45) is 2.22. The number of aliphatic hydroxyl groups excluding tert-OH is 1. The Kier molecular flexibility index (Phi) is 4.08. The maximum atomic E-state index is 10.3. The molecule has 1 aliphatic rings. The van der Waals surface area contributed by atoms with Crippen molar-refractivity contribution in [3.05, 3.63) is 64.1 Å². The van der Waals surface area contributed by atoms with E-state index in [0.717, 1.165) is 28.6 Å². The van der Waals surface area contributed by atoms with Gasteiger partial charge in [0.15, 0.2) is 0 Å². The van der Waals surface area contributed by atoms with Gasteiger partial charge in [0.05, 0.1) is 6.10 Å². The molecule has 0 aromatic heterocycles. The predicted octanol–water partition coefficient (Wildman–Crippen LogP) is 4.27. The normalized spacial score (nSPS) is 21.1. The van der Waals surface area contributed by atoms with Gasteiger partial charge in [-0.3, -0.25) is 0 Å². The van der Waals surface area contributed by atoms with Crippen molar-refractivity contribution in [3.8, 4) is 5.75 Å². The van der Waals surface area contributed by atoms with E-state index in [2.05, 4.69) is 40.2 Å². The molecule has 2 atom stereocenters. The third-order valence-corrected chi connectivity index (χ3v) is 4.20. The van der Waals surface area contributed by atoms with E-state index in [9.17, 15) is 5.11 Å². The minimum Gasteiger partial charge on any atom is -0.490 e. The lowest BCUT2D eigenvalue weighted by molar-refractivity contribution is 0.0619. The zero-order chi connectivity index (χ0) is 13.9. The highest BCUT2D eigenvalue weighted by molar-refractivity contribution is 9.10. The molecule has 104 valence electrons. The smallest absolute Gasteiger partial charge is 0.125 e. The molecule has 3 rings (SSSR count). The second kappa shape index (κ2) is 5.98. The molecule has 0 aliphatic carbocycles. The fourth-order valence-electron chi connectivity index (χ4n) is 2.64. The molecular formula is C17H17BrO2. The molecule has 1 aliphatic heterocycles. The van der Waals surface area contributed by atoms with Gasteiger partial charge in [0.1, 0.15) is 11.9 Å². The summed E-state index contributed by atoms with van der Waals surface area (Å²) in [5, 5.41) is 10.3. The molecule has 0 saturated carbocycles. The van der Waals surface area contributed by atoms with Gasteiger partial charge >= 0.3 is 0 Å². The largest absolute Gasteiger partial charge is 0.490 e. The number of fused-ring (bicyclic) bond motifs is 1. The van der Waals surface area contributed by atoms with Crippen molar-refractivity contribution in [1.82, 2.24) is 0 Å². The molecule has 1 N–H and O–H groups in total. The summed E-state index contributed by atoms with van der Waals surface area (Å²) >= 11 is 3.43. The van der Waals surface area contributed by atoms with Gasteiger partial charge in [0.25, 0.3) is 0 Å². The quantitative estimate of drug-likeness (QED) is 0.909. The summed E-state index contributed by atoms with van der Waals surface area (Å²) in [5.41, 5.74) is 2.20. The summed E-state index contributed by atoms with van der Waals surface area (Å²) < 4.78 is 6.97. The first-order chi connectivity index (χ1) is 9.72. The van der Waals surface area contributed by atoms with E-state index in [-0.39, 0.29) is 6.10 Å². The van der Waals surface area contributed by atoms with Crippen LogP contribution in [-0.2, 0) is 6.42 Å². The van der Waals surface area contributed by atoms with E-state index in [1.165, 1.54) is 5.56 Å². The third kappa shape index (κ3) is 3.05. The first-order valence-electron chi connectivity index (χ1n) is 6.90. The van der Waals surface area contributed by atoms with Crippen LogP contribution >= 0.6 is 15.9 Å². The molecule has 20 heavy (non-hydrogen) atoms. The van der Waals surface area contributed by atoms with E-state index >= 15 is 0 Å². The molecule has 3 heteroatoms. The number of benzene rings is 2. The van der Waals surface area contributed by atoms with E-state index in [1.54, 1.807) is 0 Å². The Labute approximate surface area is 127 Å². The number of halogens is 1. The van der Waals surface area contributed by atoms with Crippen LogP contribution in [0.15, 0.2) is 53.0 Å². The summed E-state index contributed by atoms with van der Waals surface area (Å²) in [6.45, 7) is 0. The molecule has 1 heterocycles. The Hall–Kier alpha value is -1.32. The molecule has 0 saturated heterocycles. The van der Waals surface area contributed by atoms with Crippen molar-refractivity contribution >= 4 is 15.9 Å². The zero-order valence-electron chi connectivity index (χ0n) is 11.1. The van der Waals surface area contributed by atoms with Crippen LogP contribution in [0.25, 0.3) is 0 Å². The van der Waals surface area contributed by atoms with Crippen LogP contribution in [0.1, 0.15) is 30.1 Å². The molecule has 0 radical (unpaired) electrons. The van der Waals surface area contributed by atoms with E-state index in [0.29, 0.717) is 6.42 Å². The third-order valence-electron chi connectivity index (χ3n) is 3.71. The maximum absolute atomic E-state index is 10.3. The van der Waals surface area contributed by atoms with Gasteiger partial charge in [0, 0.05) is 16.5 Å².